The normalized spacial score (nSPS) is 13.0. The Bertz CT molecular complexity index is 526. The first-order chi connectivity index (χ1) is 8.49. The fraction of sp³-hybridized carbons (Fsp3) is 0.400. The molecule has 0 aliphatic heterocycles. The average Bonchev–Trinajstić information content (AvgIpc) is 2.67. The number of benzene rings is 1. The molecular formula is C15H20N2O. The van der Waals surface area contributed by atoms with Gasteiger partial charge in [-0.05, 0) is 30.0 Å². The van der Waals surface area contributed by atoms with Gasteiger partial charge in [-0.15, -0.1) is 0 Å². The highest BCUT2D eigenvalue weighted by Crippen LogP contribution is 2.24. The van der Waals surface area contributed by atoms with E-state index in [-0.39, 0.29) is 0 Å². The first-order valence-electron chi connectivity index (χ1n) is 6.27. The van der Waals surface area contributed by atoms with Gasteiger partial charge < -0.3 is 5.11 Å². The van der Waals surface area contributed by atoms with Gasteiger partial charge in [-0.2, -0.15) is 5.10 Å². The van der Waals surface area contributed by atoms with Gasteiger partial charge >= 0.3 is 0 Å². The third-order valence-electron chi connectivity index (χ3n) is 3.24. The van der Waals surface area contributed by atoms with E-state index < -0.39 is 6.10 Å². The highest BCUT2D eigenvalue weighted by atomic mass is 16.3. The molecule has 1 aromatic carbocycles. The number of nitrogens with zero attached hydrogens (tertiary/aromatic N) is 2. The van der Waals surface area contributed by atoms with Crippen LogP contribution in [0.4, 0.5) is 0 Å². The van der Waals surface area contributed by atoms with E-state index in [1.165, 1.54) is 5.56 Å². The van der Waals surface area contributed by atoms with E-state index >= 15 is 0 Å². The average molecular weight is 244 g/mol. The summed E-state index contributed by atoms with van der Waals surface area (Å²) in [6, 6.07) is 10.0. The fourth-order valence-electron chi connectivity index (χ4n) is 2.12. The van der Waals surface area contributed by atoms with E-state index in [1.807, 2.05) is 32.2 Å². The van der Waals surface area contributed by atoms with Crippen LogP contribution in [0.5, 0.6) is 0 Å². The molecule has 0 fully saturated rings. The number of aromatic nitrogens is 2. The van der Waals surface area contributed by atoms with Crippen molar-refractivity contribution in [1.29, 1.82) is 0 Å². The third-order valence-corrected chi connectivity index (χ3v) is 3.24. The van der Waals surface area contributed by atoms with Gasteiger partial charge in [0.05, 0.1) is 11.4 Å². The van der Waals surface area contributed by atoms with Crippen LogP contribution in [0.2, 0.25) is 0 Å². The third kappa shape index (κ3) is 2.46. The molecule has 96 valence electrons. The standard InChI is InChI=1S/C15H20N2O/c1-10(2)12-5-7-13(8-6-12)15(18)14-9-11(3)16-17(14)4/h5-10,15,18H,1-4H3. The predicted octanol–water partition coefficient (Wildman–Crippen LogP) is 2.93. The van der Waals surface area contributed by atoms with Crippen LogP contribution < -0.4 is 0 Å². The molecule has 0 aliphatic carbocycles. The summed E-state index contributed by atoms with van der Waals surface area (Å²) in [4.78, 5) is 0. The number of aliphatic hydroxyl groups is 1. The minimum absolute atomic E-state index is 0.509. The van der Waals surface area contributed by atoms with Crippen molar-refractivity contribution in [1.82, 2.24) is 9.78 Å². The molecular weight excluding hydrogens is 224 g/mol. The Kier molecular flexibility index (Phi) is 3.53. The quantitative estimate of drug-likeness (QED) is 0.901. The molecule has 0 radical (unpaired) electrons. The van der Waals surface area contributed by atoms with Gasteiger partial charge in [0.25, 0.3) is 0 Å². The molecule has 3 heteroatoms. The molecule has 2 aromatic rings. The zero-order chi connectivity index (χ0) is 13.3. The van der Waals surface area contributed by atoms with Crippen molar-refractivity contribution in [3.8, 4) is 0 Å². The van der Waals surface area contributed by atoms with Crippen molar-refractivity contribution < 1.29 is 5.11 Å². The first-order valence-corrected chi connectivity index (χ1v) is 6.27. The Labute approximate surface area is 108 Å². The van der Waals surface area contributed by atoms with Crippen molar-refractivity contribution in [2.24, 2.45) is 7.05 Å². The Morgan fingerprint density at radius 3 is 2.11 bits per heavy atom. The van der Waals surface area contributed by atoms with E-state index in [2.05, 4.69) is 31.1 Å². The predicted molar refractivity (Wildman–Crippen MR) is 72.5 cm³/mol. The Morgan fingerprint density at radius 1 is 1.11 bits per heavy atom. The fourth-order valence-corrected chi connectivity index (χ4v) is 2.12. The summed E-state index contributed by atoms with van der Waals surface area (Å²) in [6.07, 6.45) is -0.614. The molecule has 1 atom stereocenters. The summed E-state index contributed by atoms with van der Waals surface area (Å²) in [5.74, 6) is 0.509. The highest BCUT2D eigenvalue weighted by Gasteiger charge is 2.15. The monoisotopic (exact) mass is 244 g/mol. The molecule has 1 N–H and O–H groups in total. The van der Waals surface area contributed by atoms with Crippen molar-refractivity contribution in [3.63, 3.8) is 0 Å². The van der Waals surface area contributed by atoms with Crippen LogP contribution in [-0.4, -0.2) is 14.9 Å². The SMILES string of the molecule is Cc1cc(C(O)c2ccc(C(C)C)cc2)n(C)n1. The number of aryl methyl sites for hydroxylation is 2. The van der Waals surface area contributed by atoms with Gasteiger partial charge in [0.1, 0.15) is 6.10 Å². The van der Waals surface area contributed by atoms with Crippen LogP contribution in [0.15, 0.2) is 30.3 Å². The van der Waals surface area contributed by atoms with Crippen LogP contribution in [0.25, 0.3) is 0 Å². The van der Waals surface area contributed by atoms with Crippen LogP contribution in [0, 0.1) is 6.92 Å². The molecule has 2 rings (SSSR count). The van der Waals surface area contributed by atoms with Gasteiger partial charge in [-0.1, -0.05) is 38.1 Å². The molecule has 0 saturated carbocycles. The Hall–Kier alpha value is -1.61. The van der Waals surface area contributed by atoms with E-state index in [0.29, 0.717) is 5.92 Å². The van der Waals surface area contributed by atoms with E-state index in [0.717, 1.165) is 17.0 Å². The topological polar surface area (TPSA) is 38.0 Å². The van der Waals surface area contributed by atoms with Gasteiger partial charge in [-0.25, -0.2) is 0 Å². The largest absolute Gasteiger partial charge is 0.382 e. The molecule has 0 saturated heterocycles. The molecule has 0 spiro atoms. The minimum Gasteiger partial charge on any atom is -0.382 e. The lowest BCUT2D eigenvalue weighted by Gasteiger charge is -2.13. The molecule has 1 heterocycles. The van der Waals surface area contributed by atoms with Crippen LogP contribution in [-0.2, 0) is 7.05 Å². The molecule has 1 unspecified atom stereocenters. The zero-order valence-electron chi connectivity index (χ0n) is 11.4. The Balaban J connectivity index is 2.28. The lowest BCUT2D eigenvalue weighted by molar-refractivity contribution is 0.209. The molecule has 0 amide bonds. The summed E-state index contributed by atoms with van der Waals surface area (Å²) < 4.78 is 1.73. The first kappa shape index (κ1) is 12.8. The second-order valence-corrected chi connectivity index (χ2v) is 5.06. The van der Waals surface area contributed by atoms with Crippen molar-refractivity contribution in [2.75, 3.05) is 0 Å². The van der Waals surface area contributed by atoms with Gasteiger partial charge in [0.15, 0.2) is 0 Å². The number of aliphatic hydroxyl groups excluding tert-OH is 1. The van der Waals surface area contributed by atoms with Crippen LogP contribution in [0.1, 0.15) is 48.4 Å². The lowest BCUT2D eigenvalue weighted by atomic mass is 9.99. The summed E-state index contributed by atoms with van der Waals surface area (Å²) in [5, 5.41) is 14.6. The maximum atomic E-state index is 10.4. The molecule has 3 nitrogen and oxygen atoms in total. The maximum Gasteiger partial charge on any atom is 0.121 e. The molecule has 1 aromatic heterocycles. The smallest absolute Gasteiger partial charge is 0.121 e. The lowest BCUT2D eigenvalue weighted by Crippen LogP contribution is -2.06. The number of hydrogen-bond donors (Lipinski definition) is 1. The molecule has 0 bridgehead atoms. The maximum absolute atomic E-state index is 10.4. The van der Waals surface area contributed by atoms with Crippen molar-refractivity contribution in [3.05, 3.63) is 52.8 Å². The molecule has 0 aliphatic rings. The van der Waals surface area contributed by atoms with E-state index in [9.17, 15) is 5.11 Å². The summed E-state index contributed by atoms with van der Waals surface area (Å²) >= 11 is 0. The van der Waals surface area contributed by atoms with E-state index in [4.69, 9.17) is 0 Å². The van der Waals surface area contributed by atoms with Crippen LogP contribution >= 0.6 is 0 Å². The Morgan fingerprint density at radius 2 is 1.67 bits per heavy atom. The summed E-state index contributed by atoms with van der Waals surface area (Å²) in [6.45, 7) is 6.25. The zero-order valence-corrected chi connectivity index (χ0v) is 11.4. The van der Waals surface area contributed by atoms with Gasteiger partial charge in [0.2, 0.25) is 0 Å². The second-order valence-electron chi connectivity index (χ2n) is 5.06. The number of hydrogen-bond acceptors (Lipinski definition) is 2. The van der Waals surface area contributed by atoms with E-state index in [1.54, 1.807) is 4.68 Å². The number of rotatable bonds is 3. The summed E-state index contributed by atoms with van der Waals surface area (Å²) in [7, 11) is 1.86. The summed E-state index contributed by atoms with van der Waals surface area (Å²) in [5.41, 5.74) is 3.93. The van der Waals surface area contributed by atoms with Gasteiger partial charge in [-0.3, -0.25) is 4.68 Å². The van der Waals surface area contributed by atoms with Crippen molar-refractivity contribution in [2.45, 2.75) is 32.8 Å². The molecule has 18 heavy (non-hydrogen) atoms. The van der Waals surface area contributed by atoms with Gasteiger partial charge in [0, 0.05) is 7.05 Å². The van der Waals surface area contributed by atoms with Crippen LogP contribution in [0.3, 0.4) is 0 Å². The highest BCUT2D eigenvalue weighted by molar-refractivity contribution is 5.30. The van der Waals surface area contributed by atoms with Crippen molar-refractivity contribution >= 4 is 0 Å². The second kappa shape index (κ2) is 4.94. The minimum atomic E-state index is -0.614.